The van der Waals surface area contributed by atoms with Gasteiger partial charge in [0.25, 0.3) is 0 Å². The van der Waals surface area contributed by atoms with E-state index in [-0.39, 0.29) is 11.5 Å². The highest BCUT2D eigenvalue weighted by molar-refractivity contribution is 9.10. The highest BCUT2D eigenvalue weighted by Gasteiger charge is 2.30. The number of hydrogen-bond acceptors (Lipinski definition) is 4. The number of hydrogen-bond donors (Lipinski definition) is 0. The molecule has 0 saturated carbocycles. The van der Waals surface area contributed by atoms with Gasteiger partial charge in [-0.3, -0.25) is 4.79 Å². The van der Waals surface area contributed by atoms with E-state index in [2.05, 4.69) is 15.9 Å². The van der Waals surface area contributed by atoms with E-state index in [0.717, 1.165) is 15.6 Å². The number of ketones is 1. The van der Waals surface area contributed by atoms with Crippen LogP contribution >= 0.6 is 15.9 Å². The summed E-state index contributed by atoms with van der Waals surface area (Å²) in [6.07, 6.45) is 1.70. The predicted octanol–water partition coefficient (Wildman–Crippen LogP) is 5.90. The average molecular weight is 449 g/mol. The van der Waals surface area contributed by atoms with E-state index >= 15 is 0 Å². The standard InChI is InChI=1S/C24H17BrO4/c1-14-6-8-17(9-7-14)24(27)29-20-11-10-19-22(26)21(28-23(19)15(20)2)13-16-4-3-5-18(25)12-16/h3-13H,1-2H3/b21-13-. The van der Waals surface area contributed by atoms with Crippen molar-refractivity contribution in [3.63, 3.8) is 0 Å². The van der Waals surface area contributed by atoms with Gasteiger partial charge >= 0.3 is 5.97 Å². The summed E-state index contributed by atoms with van der Waals surface area (Å²) in [5, 5.41) is 0. The molecule has 0 aliphatic carbocycles. The molecule has 3 aromatic carbocycles. The Bertz CT molecular complexity index is 1160. The maximum absolute atomic E-state index is 12.7. The minimum atomic E-state index is -0.456. The van der Waals surface area contributed by atoms with E-state index in [9.17, 15) is 9.59 Å². The SMILES string of the molecule is Cc1ccc(C(=O)Oc2ccc3c(c2C)O/C(=C\c2cccc(Br)c2)C3=O)cc1. The van der Waals surface area contributed by atoms with E-state index < -0.39 is 5.97 Å². The van der Waals surface area contributed by atoms with E-state index in [4.69, 9.17) is 9.47 Å². The molecule has 0 amide bonds. The van der Waals surface area contributed by atoms with E-state index in [0.29, 0.717) is 28.2 Å². The lowest BCUT2D eigenvalue weighted by atomic mass is 10.1. The molecule has 0 N–H and O–H groups in total. The first-order valence-corrected chi connectivity index (χ1v) is 9.84. The van der Waals surface area contributed by atoms with Crippen LogP contribution in [0.15, 0.2) is 70.9 Å². The fraction of sp³-hybridized carbons (Fsp3) is 0.0833. The molecule has 0 fully saturated rings. The van der Waals surface area contributed by atoms with Crippen LogP contribution in [0.5, 0.6) is 11.5 Å². The number of esters is 1. The Morgan fingerprint density at radius 2 is 1.79 bits per heavy atom. The predicted molar refractivity (Wildman–Crippen MR) is 114 cm³/mol. The summed E-state index contributed by atoms with van der Waals surface area (Å²) in [6, 6.07) is 18.0. The normalized spacial score (nSPS) is 13.9. The number of ether oxygens (including phenoxy) is 2. The number of carbonyl (C=O) groups excluding carboxylic acids is 2. The average Bonchev–Trinajstić information content (AvgIpc) is 3.01. The zero-order valence-electron chi connectivity index (χ0n) is 15.9. The van der Waals surface area contributed by atoms with Crippen LogP contribution in [0.1, 0.15) is 37.4 Å². The van der Waals surface area contributed by atoms with Crippen molar-refractivity contribution < 1.29 is 19.1 Å². The molecule has 0 aromatic heterocycles. The molecule has 0 bridgehead atoms. The number of aryl methyl sites for hydroxylation is 1. The van der Waals surface area contributed by atoms with Gasteiger partial charge in [-0.05, 0) is 61.9 Å². The Hall–Kier alpha value is -3.18. The molecule has 1 heterocycles. The smallest absolute Gasteiger partial charge is 0.343 e. The molecule has 0 radical (unpaired) electrons. The molecule has 0 spiro atoms. The number of fused-ring (bicyclic) bond motifs is 1. The van der Waals surface area contributed by atoms with Crippen LogP contribution in [0.4, 0.5) is 0 Å². The molecule has 5 heteroatoms. The van der Waals surface area contributed by atoms with Crippen LogP contribution in [0.2, 0.25) is 0 Å². The zero-order chi connectivity index (χ0) is 20.5. The monoisotopic (exact) mass is 448 g/mol. The zero-order valence-corrected chi connectivity index (χ0v) is 17.4. The lowest BCUT2D eigenvalue weighted by Gasteiger charge is -2.10. The number of allylic oxidation sites excluding steroid dienone is 1. The van der Waals surface area contributed by atoms with Gasteiger partial charge < -0.3 is 9.47 Å². The lowest BCUT2D eigenvalue weighted by molar-refractivity contribution is 0.0733. The molecule has 0 unspecified atom stereocenters. The Morgan fingerprint density at radius 1 is 1.03 bits per heavy atom. The van der Waals surface area contributed by atoms with Crippen molar-refractivity contribution in [2.24, 2.45) is 0 Å². The summed E-state index contributed by atoms with van der Waals surface area (Å²) in [4.78, 5) is 25.1. The third-order valence-corrected chi connectivity index (χ3v) is 5.17. The van der Waals surface area contributed by atoms with Gasteiger partial charge in [0.2, 0.25) is 5.78 Å². The largest absolute Gasteiger partial charge is 0.452 e. The fourth-order valence-corrected chi connectivity index (χ4v) is 3.49. The van der Waals surface area contributed by atoms with Crippen LogP contribution in [0.25, 0.3) is 6.08 Å². The second-order valence-electron chi connectivity index (χ2n) is 6.82. The van der Waals surface area contributed by atoms with Crippen molar-refractivity contribution in [3.8, 4) is 11.5 Å². The van der Waals surface area contributed by atoms with Gasteiger partial charge in [0.15, 0.2) is 5.76 Å². The van der Waals surface area contributed by atoms with Crippen molar-refractivity contribution in [1.29, 1.82) is 0 Å². The second-order valence-corrected chi connectivity index (χ2v) is 7.73. The molecule has 1 aliphatic rings. The Labute approximate surface area is 176 Å². The number of Topliss-reactive ketones (excluding diaryl/α,β-unsaturated/α-hetero) is 1. The highest BCUT2D eigenvalue weighted by Crippen LogP contribution is 2.39. The first-order valence-electron chi connectivity index (χ1n) is 9.04. The minimum Gasteiger partial charge on any atom is -0.452 e. The summed E-state index contributed by atoms with van der Waals surface area (Å²) in [7, 11) is 0. The van der Waals surface area contributed by atoms with E-state index in [1.807, 2.05) is 43.3 Å². The van der Waals surface area contributed by atoms with Crippen molar-refractivity contribution in [3.05, 3.63) is 98.7 Å². The van der Waals surface area contributed by atoms with Gasteiger partial charge in [0, 0.05) is 10.0 Å². The molecular formula is C24H17BrO4. The first kappa shape index (κ1) is 19.2. The highest BCUT2D eigenvalue weighted by atomic mass is 79.9. The van der Waals surface area contributed by atoms with Crippen LogP contribution in [0, 0.1) is 13.8 Å². The molecule has 0 atom stereocenters. The van der Waals surface area contributed by atoms with Crippen LogP contribution in [-0.2, 0) is 0 Å². The summed E-state index contributed by atoms with van der Waals surface area (Å²) in [5.41, 5.74) is 3.43. The minimum absolute atomic E-state index is 0.195. The lowest BCUT2D eigenvalue weighted by Crippen LogP contribution is -2.09. The van der Waals surface area contributed by atoms with Gasteiger partial charge in [0.05, 0.1) is 11.1 Å². The van der Waals surface area contributed by atoms with Crippen LogP contribution < -0.4 is 9.47 Å². The topological polar surface area (TPSA) is 52.6 Å². The van der Waals surface area contributed by atoms with Gasteiger partial charge in [0.1, 0.15) is 11.5 Å². The Balaban J connectivity index is 1.61. The molecule has 3 aromatic rings. The molecule has 4 nitrogen and oxygen atoms in total. The number of benzene rings is 3. The maximum atomic E-state index is 12.7. The van der Waals surface area contributed by atoms with Crippen molar-refractivity contribution in [2.75, 3.05) is 0 Å². The van der Waals surface area contributed by atoms with E-state index in [1.165, 1.54) is 0 Å². The van der Waals surface area contributed by atoms with Gasteiger partial charge in [-0.15, -0.1) is 0 Å². The van der Waals surface area contributed by atoms with Gasteiger partial charge in [-0.2, -0.15) is 0 Å². The van der Waals surface area contributed by atoms with E-state index in [1.54, 1.807) is 37.3 Å². The van der Waals surface area contributed by atoms with Gasteiger partial charge in [-0.25, -0.2) is 4.79 Å². The quantitative estimate of drug-likeness (QED) is 0.284. The van der Waals surface area contributed by atoms with Crippen LogP contribution in [-0.4, -0.2) is 11.8 Å². The Morgan fingerprint density at radius 3 is 2.52 bits per heavy atom. The summed E-state index contributed by atoms with van der Waals surface area (Å²) in [5.74, 6) is 0.376. The third-order valence-electron chi connectivity index (χ3n) is 4.67. The van der Waals surface area contributed by atoms with Gasteiger partial charge in [-0.1, -0.05) is 45.8 Å². The molecular weight excluding hydrogens is 432 g/mol. The number of carbonyl (C=O) groups is 2. The summed E-state index contributed by atoms with van der Waals surface area (Å²) in [6.45, 7) is 3.72. The fourth-order valence-electron chi connectivity index (χ4n) is 3.07. The van der Waals surface area contributed by atoms with Crippen molar-refractivity contribution >= 4 is 33.8 Å². The Kier molecular flexibility index (Phi) is 5.07. The second kappa shape index (κ2) is 7.68. The summed E-state index contributed by atoms with van der Waals surface area (Å²) < 4.78 is 12.3. The van der Waals surface area contributed by atoms with Crippen molar-refractivity contribution in [1.82, 2.24) is 0 Å². The first-order chi connectivity index (χ1) is 13.9. The molecule has 0 saturated heterocycles. The third kappa shape index (κ3) is 3.87. The summed E-state index contributed by atoms with van der Waals surface area (Å²) >= 11 is 3.42. The van der Waals surface area contributed by atoms with Crippen molar-refractivity contribution in [2.45, 2.75) is 13.8 Å². The van der Waals surface area contributed by atoms with Crippen LogP contribution in [0.3, 0.4) is 0 Å². The number of rotatable bonds is 3. The molecule has 144 valence electrons. The molecule has 1 aliphatic heterocycles. The number of halogens is 1. The molecule has 29 heavy (non-hydrogen) atoms. The maximum Gasteiger partial charge on any atom is 0.343 e. The molecule has 4 rings (SSSR count).